The number of carbonyl (C=O) groups excluding carboxylic acids is 1. The van der Waals surface area contributed by atoms with Gasteiger partial charge in [0, 0.05) is 16.7 Å². The standard InChI is InChI=1S/C17H18BrNO2/c1-2-21-17(20)14-8-9-16(15(18)12-14)19-11-10-13-6-4-3-5-7-13/h3-9,12,19H,2,10-11H2,1H3. The maximum Gasteiger partial charge on any atom is 0.338 e. The van der Waals surface area contributed by atoms with Crippen LogP contribution in [0.4, 0.5) is 5.69 Å². The molecule has 0 aromatic heterocycles. The van der Waals surface area contributed by atoms with Gasteiger partial charge in [0.05, 0.1) is 12.2 Å². The van der Waals surface area contributed by atoms with E-state index in [-0.39, 0.29) is 5.97 Å². The molecule has 0 saturated carbocycles. The SMILES string of the molecule is CCOC(=O)c1ccc(NCCc2ccccc2)c(Br)c1. The third-order valence-corrected chi connectivity index (χ3v) is 3.71. The van der Waals surface area contributed by atoms with Gasteiger partial charge in [-0.1, -0.05) is 30.3 Å². The molecule has 3 nitrogen and oxygen atoms in total. The Balaban J connectivity index is 1.93. The van der Waals surface area contributed by atoms with Crippen molar-refractivity contribution in [1.82, 2.24) is 0 Å². The molecule has 0 unspecified atom stereocenters. The van der Waals surface area contributed by atoms with E-state index in [1.165, 1.54) is 5.56 Å². The normalized spacial score (nSPS) is 10.2. The molecule has 1 N–H and O–H groups in total. The van der Waals surface area contributed by atoms with Crippen LogP contribution >= 0.6 is 15.9 Å². The van der Waals surface area contributed by atoms with Crippen LogP contribution in [-0.4, -0.2) is 19.1 Å². The monoisotopic (exact) mass is 347 g/mol. The zero-order valence-corrected chi connectivity index (χ0v) is 13.5. The van der Waals surface area contributed by atoms with Crippen LogP contribution < -0.4 is 5.32 Å². The molecule has 0 aliphatic rings. The minimum atomic E-state index is -0.297. The fourth-order valence-electron chi connectivity index (χ4n) is 1.99. The van der Waals surface area contributed by atoms with Crippen molar-refractivity contribution in [1.29, 1.82) is 0 Å². The van der Waals surface area contributed by atoms with Gasteiger partial charge in [0.1, 0.15) is 0 Å². The molecule has 0 atom stereocenters. The summed E-state index contributed by atoms with van der Waals surface area (Å²) in [7, 11) is 0. The van der Waals surface area contributed by atoms with Crippen LogP contribution in [0.1, 0.15) is 22.8 Å². The molecule has 0 aliphatic carbocycles. The maximum atomic E-state index is 11.6. The van der Waals surface area contributed by atoms with E-state index in [0.717, 1.165) is 23.1 Å². The van der Waals surface area contributed by atoms with Crippen molar-refractivity contribution in [3.05, 3.63) is 64.1 Å². The Kier molecular flexibility index (Phi) is 5.81. The van der Waals surface area contributed by atoms with Crippen LogP contribution in [0.2, 0.25) is 0 Å². The lowest BCUT2D eigenvalue weighted by atomic mass is 10.1. The number of hydrogen-bond donors (Lipinski definition) is 1. The van der Waals surface area contributed by atoms with Gasteiger partial charge < -0.3 is 10.1 Å². The summed E-state index contributed by atoms with van der Waals surface area (Å²) < 4.78 is 5.84. The maximum absolute atomic E-state index is 11.6. The predicted molar refractivity (Wildman–Crippen MR) is 88.7 cm³/mol. The van der Waals surface area contributed by atoms with Crippen LogP contribution in [0, 0.1) is 0 Å². The second kappa shape index (κ2) is 7.84. The highest BCUT2D eigenvalue weighted by atomic mass is 79.9. The first-order chi connectivity index (χ1) is 10.2. The highest BCUT2D eigenvalue weighted by Gasteiger charge is 2.08. The summed E-state index contributed by atoms with van der Waals surface area (Å²) in [4.78, 5) is 11.6. The van der Waals surface area contributed by atoms with Crippen molar-refractivity contribution in [2.75, 3.05) is 18.5 Å². The minimum absolute atomic E-state index is 0.297. The molecule has 2 aromatic rings. The van der Waals surface area contributed by atoms with Gasteiger partial charge in [-0.2, -0.15) is 0 Å². The molecule has 0 saturated heterocycles. The first-order valence-corrected chi connectivity index (χ1v) is 7.74. The Bertz CT molecular complexity index is 599. The topological polar surface area (TPSA) is 38.3 Å². The molecule has 2 rings (SSSR count). The Morgan fingerprint density at radius 2 is 1.95 bits per heavy atom. The highest BCUT2D eigenvalue weighted by Crippen LogP contribution is 2.24. The second-order valence-electron chi connectivity index (χ2n) is 4.58. The highest BCUT2D eigenvalue weighted by molar-refractivity contribution is 9.10. The van der Waals surface area contributed by atoms with E-state index in [1.807, 2.05) is 24.3 Å². The van der Waals surface area contributed by atoms with Gasteiger partial charge in [-0.25, -0.2) is 4.79 Å². The number of halogens is 1. The van der Waals surface area contributed by atoms with Gasteiger partial charge >= 0.3 is 5.97 Å². The number of benzene rings is 2. The number of nitrogens with one attached hydrogen (secondary N) is 1. The molecule has 21 heavy (non-hydrogen) atoms. The predicted octanol–water partition coefficient (Wildman–Crippen LogP) is 4.28. The Morgan fingerprint density at radius 3 is 2.62 bits per heavy atom. The van der Waals surface area contributed by atoms with E-state index in [9.17, 15) is 4.79 Å². The van der Waals surface area contributed by atoms with Gasteiger partial charge in [0.15, 0.2) is 0 Å². The number of esters is 1. The van der Waals surface area contributed by atoms with Crippen LogP contribution in [0.25, 0.3) is 0 Å². The smallest absolute Gasteiger partial charge is 0.338 e. The average molecular weight is 348 g/mol. The lowest BCUT2D eigenvalue weighted by Gasteiger charge is -2.10. The molecule has 0 aliphatic heterocycles. The molecule has 0 heterocycles. The van der Waals surface area contributed by atoms with E-state index < -0.39 is 0 Å². The van der Waals surface area contributed by atoms with Gasteiger partial charge in [0.25, 0.3) is 0 Å². The van der Waals surface area contributed by atoms with Gasteiger partial charge in [-0.15, -0.1) is 0 Å². The van der Waals surface area contributed by atoms with E-state index in [1.54, 1.807) is 19.1 Å². The zero-order valence-electron chi connectivity index (χ0n) is 11.9. The molecule has 0 amide bonds. The van der Waals surface area contributed by atoms with Crippen molar-refractivity contribution in [2.24, 2.45) is 0 Å². The summed E-state index contributed by atoms with van der Waals surface area (Å²) in [5, 5.41) is 3.36. The van der Waals surface area contributed by atoms with Crippen molar-refractivity contribution in [3.63, 3.8) is 0 Å². The van der Waals surface area contributed by atoms with Crippen LogP contribution in [-0.2, 0) is 11.2 Å². The molecule has 0 spiro atoms. The zero-order chi connectivity index (χ0) is 15.1. The van der Waals surface area contributed by atoms with Crippen LogP contribution in [0.5, 0.6) is 0 Å². The summed E-state index contributed by atoms with van der Waals surface area (Å²) in [6, 6.07) is 15.8. The fourth-order valence-corrected chi connectivity index (χ4v) is 2.51. The molecule has 0 bridgehead atoms. The third-order valence-electron chi connectivity index (χ3n) is 3.05. The van der Waals surface area contributed by atoms with Crippen LogP contribution in [0.15, 0.2) is 53.0 Å². The summed E-state index contributed by atoms with van der Waals surface area (Å²) in [5.41, 5.74) is 2.82. The molecule has 110 valence electrons. The Hall–Kier alpha value is -1.81. The Morgan fingerprint density at radius 1 is 1.19 bits per heavy atom. The number of carbonyl (C=O) groups is 1. The number of anilines is 1. The summed E-state index contributed by atoms with van der Waals surface area (Å²) in [6.07, 6.45) is 0.951. The third kappa shape index (κ3) is 4.60. The second-order valence-corrected chi connectivity index (χ2v) is 5.43. The van der Waals surface area contributed by atoms with Gasteiger partial charge in [-0.05, 0) is 53.0 Å². The lowest BCUT2D eigenvalue weighted by molar-refractivity contribution is 0.0526. The van der Waals surface area contributed by atoms with Gasteiger partial charge in [0.2, 0.25) is 0 Å². The van der Waals surface area contributed by atoms with Crippen molar-refractivity contribution in [3.8, 4) is 0 Å². The van der Waals surface area contributed by atoms with E-state index in [0.29, 0.717) is 12.2 Å². The van der Waals surface area contributed by atoms with Crippen molar-refractivity contribution >= 4 is 27.6 Å². The molecular formula is C17H18BrNO2. The van der Waals surface area contributed by atoms with Crippen molar-refractivity contribution in [2.45, 2.75) is 13.3 Å². The molecular weight excluding hydrogens is 330 g/mol. The molecule has 0 radical (unpaired) electrons. The summed E-state index contributed by atoms with van der Waals surface area (Å²) in [5.74, 6) is -0.297. The first-order valence-electron chi connectivity index (χ1n) is 6.95. The number of rotatable bonds is 6. The Labute approximate surface area is 133 Å². The largest absolute Gasteiger partial charge is 0.462 e. The molecule has 0 fully saturated rings. The summed E-state index contributed by atoms with van der Waals surface area (Å²) >= 11 is 3.48. The fraction of sp³-hybridized carbons (Fsp3) is 0.235. The lowest BCUT2D eigenvalue weighted by Crippen LogP contribution is -2.07. The van der Waals surface area contributed by atoms with Gasteiger partial charge in [-0.3, -0.25) is 0 Å². The molecule has 2 aromatic carbocycles. The van der Waals surface area contributed by atoms with E-state index in [2.05, 4.69) is 33.4 Å². The van der Waals surface area contributed by atoms with Crippen LogP contribution in [0.3, 0.4) is 0 Å². The van der Waals surface area contributed by atoms with E-state index >= 15 is 0 Å². The van der Waals surface area contributed by atoms with E-state index in [4.69, 9.17) is 4.74 Å². The van der Waals surface area contributed by atoms with Crippen molar-refractivity contribution < 1.29 is 9.53 Å². The number of hydrogen-bond acceptors (Lipinski definition) is 3. The first kappa shape index (κ1) is 15.6. The minimum Gasteiger partial charge on any atom is -0.462 e. The quantitative estimate of drug-likeness (QED) is 0.792. The summed E-state index contributed by atoms with van der Waals surface area (Å²) in [6.45, 7) is 3.02. The molecule has 4 heteroatoms. The average Bonchev–Trinajstić information content (AvgIpc) is 2.50. The number of ether oxygens (including phenoxy) is 1.